The Morgan fingerprint density at radius 2 is 1.77 bits per heavy atom. The Kier molecular flexibility index (Phi) is 7.66. The molecule has 0 spiro atoms. The summed E-state index contributed by atoms with van der Waals surface area (Å²) in [6, 6.07) is 1.41. The topological polar surface area (TPSA) is 15.7 Å². The quantitative estimate of drug-likeness (QED) is 0.666. The monoisotopic (exact) mass is 310 g/mol. The van der Waals surface area contributed by atoms with Gasteiger partial charge in [0.15, 0.2) is 0 Å². The maximum atomic E-state index is 5.47. The molecule has 1 heterocycles. The highest BCUT2D eigenvalue weighted by Gasteiger charge is 2.25. The predicted octanol–water partition coefficient (Wildman–Crippen LogP) is 3.78. The zero-order valence-corrected chi connectivity index (χ0v) is 15.4. The van der Waals surface area contributed by atoms with E-state index < -0.39 is 0 Å². The summed E-state index contributed by atoms with van der Waals surface area (Å²) in [5.41, 5.74) is 0. The van der Waals surface area contributed by atoms with Crippen LogP contribution in [0.5, 0.6) is 0 Å². The Balaban J connectivity index is 1.54. The van der Waals surface area contributed by atoms with E-state index in [9.17, 15) is 0 Å². The van der Waals surface area contributed by atoms with Crippen molar-refractivity contribution in [2.24, 2.45) is 5.92 Å². The highest BCUT2D eigenvalue weighted by Crippen LogP contribution is 2.29. The standard InChI is InChI=1S/C19H38N2O/c1-16(2)21-14-13-20(15-17(21)3)12-6-5-7-18-8-10-19(22-4)11-9-18/h16-19H,5-15H2,1-4H3/t17-,18?,19?/m1/s1. The Labute approximate surface area is 138 Å². The molecule has 3 heteroatoms. The summed E-state index contributed by atoms with van der Waals surface area (Å²) in [6.45, 7) is 12.1. The molecule has 2 rings (SSSR count). The lowest BCUT2D eigenvalue weighted by Crippen LogP contribution is -2.54. The molecule has 1 saturated heterocycles. The molecule has 1 aliphatic carbocycles. The molecule has 1 aliphatic heterocycles. The van der Waals surface area contributed by atoms with Crippen LogP contribution >= 0.6 is 0 Å². The van der Waals surface area contributed by atoms with E-state index in [2.05, 4.69) is 30.6 Å². The van der Waals surface area contributed by atoms with Crippen LogP contribution in [0.25, 0.3) is 0 Å². The number of methoxy groups -OCH3 is 1. The number of unbranched alkanes of at least 4 members (excludes halogenated alkanes) is 1. The van der Waals surface area contributed by atoms with Crippen LogP contribution in [-0.2, 0) is 4.74 Å². The van der Waals surface area contributed by atoms with Gasteiger partial charge in [0.25, 0.3) is 0 Å². The molecule has 0 amide bonds. The lowest BCUT2D eigenvalue weighted by molar-refractivity contribution is 0.0528. The first-order valence-electron chi connectivity index (χ1n) is 9.61. The van der Waals surface area contributed by atoms with Crippen molar-refractivity contribution in [1.82, 2.24) is 9.80 Å². The van der Waals surface area contributed by atoms with Gasteiger partial charge in [-0.1, -0.05) is 12.8 Å². The van der Waals surface area contributed by atoms with Crippen molar-refractivity contribution in [2.45, 2.75) is 83.9 Å². The number of piperazine rings is 1. The van der Waals surface area contributed by atoms with Gasteiger partial charge in [-0.15, -0.1) is 0 Å². The summed E-state index contributed by atoms with van der Waals surface area (Å²) in [5, 5.41) is 0. The van der Waals surface area contributed by atoms with Gasteiger partial charge in [0.05, 0.1) is 6.10 Å². The van der Waals surface area contributed by atoms with Gasteiger partial charge in [0, 0.05) is 38.8 Å². The molecule has 3 nitrogen and oxygen atoms in total. The minimum absolute atomic E-state index is 0.551. The highest BCUT2D eigenvalue weighted by atomic mass is 16.5. The van der Waals surface area contributed by atoms with E-state index in [1.165, 1.54) is 71.1 Å². The van der Waals surface area contributed by atoms with Gasteiger partial charge in [-0.05, 0) is 65.3 Å². The van der Waals surface area contributed by atoms with Crippen LogP contribution in [0.15, 0.2) is 0 Å². The molecule has 0 bridgehead atoms. The van der Waals surface area contributed by atoms with E-state index in [1.54, 1.807) is 0 Å². The van der Waals surface area contributed by atoms with Crippen molar-refractivity contribution in [3.05, 3.63) is 0 Å². The average molecular weight is 311 g/mol. The molecule has 0 unspecified atom stereocenters. The summed E-state index contributed by atoms with van der Waals surface area (Å²) in [7, 11) is 1.87. The van der Waals surface area contributed by atoms with Crippen LogP contribution in [0, 0.1) is 5.92 Å². The van der Waals surface area contributed by atoms with Crippen molar-refractivity contribution in [1.29, 1.82) is 0 Å². The second kappa shape index (κ2) is 9.24. The zero-order chi connectivity index (χ0) is 15.9. The van der Waals surface area contributed by atoms with Gasteiger partial charge in [0.1, 0.15) is 0 Å². The fourth-order valence-electron chi connectivity index (χ4n) is 4.44. The molecule has 2 aliphatic rings. The molecule has 0 N–H and O–H groups in total. The summed E-state index contributed by atoms with van der Waals surface area (Å²) in [5.74, 6) is 0.975. The zero-order valence-electron chi connectivity index (χ0n) is 15.4. The fraction of sp³-hybridized carbons (Fsp3) is 1.00. The molecule has 130 valence electrons. The first-order chi connectivity index (χ1) is 10.6. The molecule has 0 aromatic heterocycles. The van der Waals surface area contributed by atoms with Crippen molar-refractivity contribution >= 4 is 0 Å². The maximum Gasteiger partial charge on any atom is 0.0571 e. The van der Waals surface area contributed by atoms with E-state index in [0.717, 1.165) is 12.0 Å². The van der Waals surface area contributed by atoms with Gasteiger partial charge < -0.3 is 9.64 Å². The summed E-state index contributed by atoms with van der Waals surface area (Å²) >= 11 is 0. The van der Waals surface area contributed by atoms with Gasteiger partial charge in [-0.25, -0.2) is 0 Å². The van der Waals surface area contributed by atoms with Gasteiger partial charge in [-0.3, -0.25) is 4.90 Å². The largest absolute Gasteiger partial charge is 0.381 e. The van der Waals surface area contributed by atoms with E-state index in [4.69, 9.17) is 4.74 Å². The molecule has 1 saturated carbocycles. The minimum Gasteiger partial charge on any atom is -0.381 e. The van der Waals surface area contributed by atoms with Crippen LogP contribution in [0.4, 0.5) is 0 Å². The third-order valence-corrected chi connectivity index (χ3v) is 5.89. The van der Waals surface area contributed by atoms with Crippen LogP contribution in [0.2, 0.25) is 0 Å². The predicted molar refractivity (Wildman–Crippen MR) is 94.4 cm³/mol. The van der Waals surface area contributed by atoms with Crippen molar-refractivity contribution in [2.75, 3.05) is 33.3 Å². The summed E-state index contributed by atoms with van der Waals surface area (Å²) in [4.78, 5) is 5.33. The van der Waals surface area contributed by atoms with Crippen molar-refractivity contribution in [3.63, 3.8) is 0 Å². The summed E-state index contributed by atoms with van der Waals surface area (Å²) < 4.78 is 5.47. The summed E-state index contributed by atoms with van der Waals surface area (Å²) in [6.07, 6.45) is 10.2. The minimum atomic E-state index is 0.551. The number of hydrogen-bond acceptors (Lipinski definition) is 3. The molecule has 0 aromatic carbocycles. The normalized spacial score (nSPS) is 31.8. The Bertz CT molecular complexity index is 300. The SMILES string of the molecule is COC1CCC(CCCCN2CCN(C(C)C)[C@H](C)C2)CC1. The Morgan fingerprint density at radius 3 is 2.36 bits per heavy atom. The lowest BCUT2D eigenvalue weighted by Gasteiger charge is -2.42. The Hall–Kier alpha value is -0.120. The third kappa shape index (κ3) is 5.50. The fourth-order valence-corrected chi connectivity index (χ4v) is 4.44. The maximum absolute atomic E-state index is 5.47. The van der Waals surface area contributed by atoms with Crippen molar-refractivity contribution in [3.8, 4) is 0 Å². The van der Waals surface area contributed by atoms with E-state index in [1.807, 2.05) is 7.11 Å². The molecule has 2 fully saturated rings. The molecule has 0 aromatic rings. The Morgan fingerprint density at radius 1 is 1.05 bits per heavy atom. The molecular formula is C19H38N2O. The third-order valence-electron chi connectivity index (χ3n) is 5.89. The van der Waals surface area contributed by atoms with E-state index in [-0.39, 0.29) is 0 Å². The van der Waals surface area contributed by atoms with Gasteiger partial charge >= 0.3 is 0 Å². The number of rotatable bonds is 7. The molecule has 0 radical (unpaired) electrons. The van der Waals surface area contributed by atoms with E-state index >= 15 is 0 Å². The lowest BCUT2D eigenvalue weighted by atomic mass is 9.84. The van der Waals surface area contributed by atoms with Crippen molar-refractivity contribution < 1.29 is 4.74 Å². The average Bonchev–Trinajstić information content (AvgIpc) is 2.52. The van der Waals surface area contributed by atoms with E-state index in [0.29, 0.717) is 12.1 Å². The van der Waals surface area contributed by atoms with Crippen LogP contribution in [0.1, 0.15) is 65.7 Å². The van der Waals surface area contributed by atoms with Crippen LogP contribution in [0.3, 0.4) is 0 Å². The smallest absolute Gasteiger partial charge is 0.0571 e. The first-order valence-corrected chi connectivity index (χ1v) is 9.61. The second-order valence-electron chi connectivity index (χ2n) is 7.86. The van der Waals surface area contributed by atoms with Gasteiger partial charge in [0.2, 0.25) is 0 Å². The number of hydrogen-bond donors (Lipinski definition) is 0. The second-order valence-corrected chi connectivity index (χ2v) is 7.86. The highest BCUT2D eigenvalue weighted by molar-refractivity contribution is 4.81. The number of nitrogens with zero attached hydrogens (tertiary/aromatic N) is 2. The molecule has 22 heavy (non-hydrogen) atoms. The molecular weight excluding hydrogens is 272 g/mol. The number of ether oxygens (including phenoxy) is 1. The molecule has 1 atom stereocenters. The van der Waals surface area contributed by atoms with Gasteiger partial charge in [-0.2, -0.15) is 0 Å². The first kappa shape index (κ1) is 18.2. The van der Waals surface area contributed by atoms with Crippen LogP contribution in [-0.4, -0.2) is 61.3 Å². The van der Waals surface area contributed by atoms with Crippen LogP contribution < -0.4 is 0 Å².